The summed E-state index contributed by atoms with van der Waals surface area (Å²) in [6.07, 6.45) is 2.82. The van der Waals surface area contributed by atoms with Crippen molar-refractivity contribution in [2.45, 2.75) is 32.5 Å². The van der Waals surface area contributed by atoms with Crippen LogP contribution < -0.4 is 0 Å². The lowest BCUT2D eigenvalue weighted by Gasteiger charge is -2.03. The highest BCUT2D eigenvalue weighted by Gasteiger charge is 2.21. The first-order valence-corrected chi connectivity index (χ1v) is 5.65. The number of rotatable bonds is 6. The van der Waals surface area contributed by atoms with E-state index in [2.05, 4.69) is 24.3 Å². The second kappa shape index (κ2) is 5.29. The minimum atomic E-state index is 0.535. The number of ether oxygens (including phenoxy) is 2. The van der Waals surface area contributed by atoms with E-state index in [0.29, 0.717) is 6.10 Å². The minimum Gasteiger partial charge on any atom is -0.377 e. The van der Waals surface area contributed by atoms with Gasteiger partial charge in [-0.1, -0.05) is 24.3 Å². The van der Waals surface area contributed by atoms with Crippen LogP contribution in [0.25, 0.3) is 0 Å². The molecule has 0 spiro atoms. The molecule has 1 unspecified atom stereocenters. The summed E-state index contributed by atoms with van der Waals surface area (Å²) in [5, 5.41) is 0. The monoisotopic (exact) mass is 206 g/mol. The summed E-state index contributed by atoms with van der Waals surface area (Å²) in [6.45, 7) is 4.48. The van der Waals surface area contributed by atoms with E-state index in [9.17, 15) is 0 Å². The van der Waals surface area contributed by atoms with Crippen LogP contribution in [0, 0.1) is 0 Å². The maximum absolute atomic E-state index is 5.35. The van der Waals surface area contributed by atoms with E-state index >= 15 is 0 Å². The van der Waals surface area contributed by atoms with E-state index in [0.717, 1.165) is 32.7 Å². The summed E-state index contributed by atoms with van der Waals surface area (Å²) in [5.74, 6) is 0. The van der Waals surface area contributed by atoms with Crippen molar-refractivity contribution in [3.63, 3.8) is 0 Å². The first-order valence-electron chi connectivity index (χ1n) is 5.65. The van der Waals surface area contributed by atoms with Gasteiger partial charge in [0.2, 0.25) is 0 Å². The van der Waals surface area contributed by atoms with Gasteiger partial charge in [-0.2, -0.15) is 0 Å². The average molecular weight is 206 g/mol. The third-order valence-corrected chi connectivity index (χ3v) is 2.65. The molecule has 15 heavy (non-hydrogen) atoms. The summed E-state index contributed by atoms with van der Waals surface area (Å²) in [7, 11) is 0. The lowest BCUT2D eigenvalue weighted by atomic mass is 10.1. The predicted octanol–water partition coefficient (Wildman–Crippen LogP) is 2.55. The summed E-state index contributed by atoms with van der Waals surface area (Å²) in [5.41, 5.74) is 2.65. The quantitative estimate of drug-likeness (QED) is 0.667. The number of aryl methyl sites for hydroxylation is 1. The van der Waals surface area contributed by atoms with Gasteiger partial charge in [-0.25, -0.2) is 0 Å². The largest absolute Gasteiger partial charge is 0.377 e. The van der Waals surface area contributed by atoms with E-state index < -0.39 is 0 Å². The molecule has 1 fully saturated rings. The Morgan fingerprint density at radius 3 is 2.53 bits per heavy atom. The van der Waals surface area contributed by atoms with E-state index in [1.165, 1.54) is 11.1 Å². The molecule has 1 atom stereocenters. The molecule has 0 amide bonds. The van der Waals surface area contributed by atoms with Crippen molar-refractivity contribution >= 4 is 0 Å². The molecule has 0 saturated carbocycles. The maximum atomic E-state index is 5.35. The molecule has 1 aromatic rings. The van der Waals surface area contributed by atoms with Crippen LogP contribution in [0.1, 0.15) is 24.5 Å². The normalized spacial score (nSPS) is 19.1. The van der Waals surface area contributed by atoms with Crippen LogP contribution in [0.15, 0.2) is 24.3 Å². The van der Waals surface area contributed by atoms with Gasteiger partial charge < -0.3 is 9.47 Å². The molecule has 2 nitrogen and oxygen atoms in total. The zero-order valence-corrected chi connectivity index (χ0v) is 9.24. The predicted molar refractivity (Wildman–Crippen MR) is 59.8 cm³/mol. The third-order valence-electron chi connectivity index (χ3n) is 2.65. The molecule has 0 N–H and O–H groups in total. The molecule has 0 aliphatic carbocycles. The molecule has 2 heteroatoms. The zero-order valence-electron chi connectivity index (χ0n) is 9.24. The SMILES string of the molecule is CCOCc1ccc(CCC2CO2)cc1. The highest BCUT2D eigenvalue weighted by atomic mass is 16.6. The smallest absolute Gasteiger partial charge is 0.0813 e. The van der Waals surface area contributed by atoms with Gasteiger partial charge in [-0.15, -0.1) is 0 Å². The molecular formula is C13H18O2. The fourth-order valence-corrected chi connectivity index (χ4v) is 1.58. The minimum absolute atomic E-state index is 0.535. The summed E-state index contributed by atoms with van der Waals surface area (Å²) >= 11 is 0. The molecule has 0 bridgehead atoms. The lowest BCUT2D eigenvalue weighted by Crippen LogP contribution is -1.94. The summed E-state index contributed by atoms with van der Waals surface area (Å²) < 4.78 is 10.5. The van der Waals surface area contributed by atoms with Gasteiger partial charge in [0, 0.05) is 6.61 Å². The van der Waals surface area contributed by atoms with Crippen molar-refractivity contribution in [1.82, 2.24) is 0 Å². The number of epoxide rings is 1. The molecule has 2 rings (SSSR count). The van der Waals surface area contributed by atoms with Gasteiger partial charge in [0.05, 0.1) is 19.3 Å². The van der Waals surface area contributed by atoms with Gasteiger partial charge in [0.15, 0.2) is 0 Å². The molecule has 1 heterocycles. The molecule has 82 valence electrons. The maximum Gasteiger partial charge on any atom is 0.0813 e. The van der Waals surface area contributed by atoms with Crippen molar-refractivity contribution in [2.75, 3.05) is 13.2 Å². The van der Waals surface area contributed by atoms with Crippen LogP contribution in [0.5, 0.6) is 0 Å². The van der Waals surface area contributed by atoms with Crippen molar-refractivity contribution in [2.24, 2.45) is 0 Å². The van der Waals surface area contributed by atoms with Crippen LogP contribution >= 0.6 is 0 Å². The summed E-state index contributed by atoms with van der Waals surface area (Å²) in [6, 6.07) is 8.69. The Labute approximate surface area is 91.2 Å². The van der Waals surface area contributed by atoms with Crippen molar-refractivity contribution in [1.29, 1.82) is 0 Å². The Morgan fingerprint density at radius 1 is 1.27 bits per heavy atom. The summed E-state index contributed by atoms with van der Waals surface area (Å²) in [4.78, 5) is 0. The molecule has 1 saturated heterocycles. The molecular weight excluding hydrogens is 188 g/mol. The highest BCUT2D eigenvalue weighted by molar-refractivity contribution is 5.22. The van der Waals surface area contributed by atoms with Crippen LogP contribution in [0.2, 0.25) is 0 Å². The molecule has 0 radical (unpaired) electrons. The zero-order chi connectivity index (χ0) is 10.5. The van der Waals surface area contributed by atoms with Crippen LogP contribution in [-0.2, 0) is 22.5 Å². The Kier molecular flexibility index (Phi) is 3.75. The highest BCUT2D eigenvalue weighted by Crippen LogP contribution is 2.17. The third kappa shape index (κ3) is 3.65. The van der Waals surface area contributed by atoms with E-state index in [-0.39, 0.29) is 0 Å². The van der Waals surface area contributed by atoms with Crippen molar-refractivity contribution in [3.05, 3.63) is 35.4 Å². The van der Waals surface area contributed by atoms with E-state index in [1.807, 2.05) is 6.92 Å². The van der Waals surface area contributed by atoms with Crippen molar-refractivity contribution < 1.29 is 9.47 Å². The molecule has 1 aliphatic heterocycles. The number of benzene rings is 1. The van der Waals surface area contributed by atoms with Gasteiger partial charge in [-0.05, 0) is 30.9 Å². The Hall–Kier alpha value is -0.860. The Bertz CT molecular complexity index is 288. The van der Waals surface area contributed by atoms with Crippen LogP contribution in [0.4, 0.5) is 0 Å². The first-order chi connectivity index (χ1) is 7.38. The van der Waals surface area contributed by atoms with E-state index in [4.69, 9.17) is 9.47 Å². The standard InChI is InChI=1S/C13H18O2/c1-2-14-9-12-5-3-11(4-6-12)7-8-13-10-15-13/h3-6,13H,2,7-10H2,1H3. The van der Waals surface area contributed by atoms with Crippen LogP contribution in [0.3, 0.4) is 0 Å². The fourth-order valence-electron chi connectivity index (χ4n) is 1.58. The lowest BCUT2D eigenvalue weighted by molar-refractivity contribution is 0.134. The van der Waals surface area contributed by atoms with Gasteiger partial charge >= 0.3 is 0 Å². The number of hydrogen-bond donors (Lipinski definition) is 0. The molecule has 0 aromatic heterocycles. The molecule has 1 aromatic carbocycles. The van der Waals surface area contributed by atoms with Gasteiger partial charge in [0.25, 0.3) is 0 Å². The van der Waals surface area contributed by atoms with E-state index in [1.54, 1.807) is 0 Å². The van der Waals surface area contributed by atoms with Gasteiger partial charge in [-0.3, -0.25) is 0 Å². The Balaban J connectivity index is 1.79. The second-order valence-electron chi connectivity index (χ2n) is 3.95. The fraction of sp³-hybridized carbons (Fsp3) is 0.538. The topological polar surface area (TPSA) is 21.8 Å². The molecule has 1 aliphatic rings. The van der Waals surface area contributed by atoms with Gasteiger partial charge in [0.1, 0.15) is 0 Å². The Morgan fingerprint density at radius 2 is 1.93 bits per heavy atom. The first kappa shape index (κ1) is 10.7. The van der Waals surface area contributed by atoms with Crippen molar-refractivity contribution in [3.8, 4) is 0 Å². The second-order valence-corrected chi connectivity index (χ2v) is 3.95. The number of hydrogen-bond acceptors (Lipinski definition) is 2. The van der Waals surface area contributed by atoms with Crippen LogP contribution in [-0.4, -0.2) is 19.3 Å². The average Bonchev–Trinajstić information content (AvgIpc) is 3.09.